The molecule has 0 saturated heterocycles. The van der Waals surface area contributed by atoms with E-state index in [9.17, 15) is 0 Å². The average Bonchev–Trinajstić information content (AvgIpc) is 3.19. The summed E-state index contributed by atoms with van der Waals surface area (Å²) >= 11 is 0. The van der Waals surface area contributed by atoms with Gasteiger partial charge in [-0.05, 0) is 63.5 Å². The fourth-order valence-corrected chi connectivity index (χ4v) is 3.73. The van der Waals surface area contributed by atoms with Crippen LogP contribution in [0.2, 0.25) is 0 Å². The molecular weight excluding hydrogens is 246 g/mol. The molecule has 1 N–H and O–H groups in total. The Hall–Kier alpha value is -0.830. The van der Waals surface area contributed by atoms with Crippen molar-refractivity contribution in [1.29, 1.82) is 0 Å². The molecule has 20 heavy (non-hydrogen) atoms. The summed E-state index contributed by atoms with van der Waals surface area (Å²) in [5.41, 5.74) is 2.58. The van der Waals surface area contributed by atoms with E-state index in [1.807, 2.05) is 0 Å². The van der Waals surface area contributed by atoms with Gasteiger partial charge in [0.2, 0.25) is 0 Å². The Kier molecular flexibility index (Phi) is 4.45. The predicted molar refractivity (Wildman–Crippen MR) is 82.7 cm³/mol. The van der Waals surface area contributed by atoms with Gasteiger partial charge in [-0.2, -0.15) is 5.10 Å². The third-order valence-corrected chi connectivity index (χ3v) is 5.13. The third kappa shape index (κ3) is 3.63. The fraction of sp³-hybridized carbons (Fsp3) is 0.824. The van der Waals surface area contributed by atoms with E-state index in [0.29, 0.717) is 0 Å². The lowest BCUT2D eigenvalue weighted by Gasteiger charge is -2.25. The number of aryl methyl sites for hydroxylation is 2. The largest absolute Gasteiger partial charge is 0.314 e. The van der Waals surface area contributed by atoms with Crippen molar-refractivity contribution in [3.05, 3.63) is 17.5 Å². The molecular formula is C17H29N3. The van der Waals surface area contributed by atoms with E-state index < -0.39 is 0 Å². The highest BCUT2D eigenvalue weighted by atomic mass is 15.3. The van der Waals surface area contributed by atoms with E-state index in [1.165, 1.54) is 63.6 Å². The van der Waals surface area contributed by atoms with Crippen LogP contribution in [0, 0.1) is 18.8 Å². The van der Waals surface area contributed by atoms with Crippen LogP contribution in [-0.4, -0.2) is 22.4 Å². The lowest BCUT2D eigenvalue weighted by Crippen LogP contribution is -2.30. The third-order valence-electron chi connectivity index (χ3n) is 5.13. The van der Waals surface area contributed by atoms with Crippen molar-refractivity contribution in [2.24, 2.45) is 18.9 Å². The van der Waals surface area contributed by atoms with Gasteiger partial charge in [-0.25, -0.2) is 0 Å². The van der Waals surface area contributed by atoms with Gasteiger partial charge in [0.25, 0.3) is 0 Å². The van der Waals surface area contributed by atoms with Crippen LogP contribution in [0.5, 0.6) is 0 Å². The maximum atomic E-state index is 4.51. The Morgan fingerprint density at radius 1 is 1.15 bits per heavy atom. The summed E-state index contributed by atoms with van der Waals surface area (Å²) in [6.45, 7) is 3.34. The van der Waals surface area contributed by atoms with Gasteiger partial charge in [-0.1, -0.05) is 19.3 Å². The molecule has 2 atom stereocenters. The predicted octanol–water partition coefficient (Wildman–Crippen LogP) is 3.22. The second-order valence-electron chi connectivity index (χ2n) is 6.95. The van der Waals surface area contributed by atoms with Crippen molar-refractivity contribution >= 4 is 0 Å². The minimum atomic E-state index is 0.845. The van der Waals surface area contributed by atoms with Crippen LogP contribution in [0.3, 0.4) is 0 Å². The Morgan fingerprint density at radius 2 is 1.90 bits per heavy atom. The van der Waals surface area contributed by atoms with Gasteiger partial charge in [0.15, 0.2) is 0 Å². The summed E-state index contributed by atoms with van der Waals surface area (Å²) in [7, 11) is 2.09. The zero-order valence-electron chi connectivity index (χ0n) is 13.1. The van der Waals surface area contributed by atoms with Gasteiger partial charge < -0.3 is 5.32 Å². The highest BCUT2D eigenvalue weighted by molar-refractivity contribution is 5.09. The molecule has 0 spiro atoms. The van der Waals surface area contributed by atoms with Crippen LogP contribution in [-0.2, 0) is 13.5 Å². The minimum absolute atomic E-state index is 0.845. The smallest absolute Gasteiger partial charge is 0.0596 e. The van der Waals surface area contributed by atoms with Gasteiger partial charge in [-0.15, -0.1) is 0 Å². The minimum Gasteiger partial charge on any atom is -0.314 e. The van der Waals surface area contributed by atoms with Crippen LogP contribution < -0.4 is 5.32 Å². The molecule has 1 aromatic heterocycles. The number of aromatic nitrogens is 2. The Morgan fingerprint density at radius 3 is 2.55 bits per heavy atom. The Balaban J connectivity index is 1.63. The van der Waals surface area contributed by atoms with Crippen molar-refractivity contribution in [3.8, 4) is 0 Å². The highest BCUT2D eigenvalue weighted by Crippen LogP contribution is 2.32. The molecule has 3 nitrogen and oxygen atoms in total. The molecule has 2 saturated carbocycles. The monoisotopic (exact) mass is 275 g/mol. The Bertz CT molecular complexity index is 433. The lowest BCUT2D eigenvalue weighted by molar-refractivity contribution is 0.292. The van der Waals surface area contributed by atoms with E-state index in [4.69, 9.17) is 0 Å². The number of nitrogens with zero attached hydrogens (tertiary/aromatic N) is 2. The van der Waals surface area contributed by atoms with E-state index in [1.54, 1.807) is 0 Å². The van der Waals surface area contributed by atoms with E-state index in [-0.39, 0.29) is 0 Å². The molecule has 1 heterocycles. The van der Waals surface area contributed by atoms with Crippen molar-refractivity contribution in [3.63, 3.8) is 0 Å². The summed E-state index contributed by atoms with van der Waals surface area (Å²) in [5, 5.41) is 8.28. The molecule has 2 fully saturated rings. The average molecular weight is 275 g/mol. The lowest BCUT2D eigenvalue weighted by atomic mass is 9.84. The van der Waals surface area contributed by atoms with E-state index in [2.05, 4.69) is 35.1 Å². The second kappa shape index (κ2) is 6.30. The van der Waals surface area contributed by atoms with Crippen LogP contribution in [0.1, 0.15) is 56.3 Å². The van der Waals surface area contributed by atoms with E-state index in [0.717, 1.165) is 23.6 Å². The number of hydrogen-bond donors (Lipinski definition) is 1. The molecule has 2 aliphatic carbocycles. The van der Waals surface area contributed by atoms with Crippen molar-refractivity contribution in [2.45, 2.75) is 64.3 Å². The molecule has 2 aliphatic rings. The molecule has 1 aromatic rings. The summed E-state index contributed by atoms with van der Waals surface area (Å²) in [5.74, 6) is 1.71. The van der Waals surface area contributed by atoms with E-state index >= 15 is 0 Å². The number of rotatable bonds is 5. The van der Waals surface area contributed by atoms with Crippen LogP contribution in [0.25, 0.3) is 0 Å². The highest BCUT2D eigenvalue weighted by Gasteiger charge is 2.27. The number of nitrogens with one attached hydrogen (secondary N) is 1. The zero-order chi connectivity index (χ0) is 13.9. The van der Waals surface area contributed by atoms with Gasteiger partial charge in [0.05, 0.1) is 5.69 Å². The van der Waals surface area contributed by atoms with Gasteiger partial charge in [0.1, 0.15) is 0 Å². The first-order chi connectivity index (χ1) is 9.72. The summed E-state index contributed by atoms with van der Waals surface area (Å²) < 4.78 is 2.09. The van der Waals surface area contributed by atoms with Gasteiger partial charge in [-0.3, -0.25) is 4.68 Å². The number of hydrogen-bond acceptors (Lipinski definition) is 2. The molecule has 3 heteroatoms. The molecule has 0 aromatic carbocycles. The molecule has 0 aliphatic heterocycles. The Labute approximate surface area is 123 Å². The maximum absolute atomic E-state index is 4.51. The molecule has 112 valence electrons. The molecule has 0 amide bonds. The van der Waals surface area contributed by atoms with Crippen molar-refractivity contribution in [2.75, 3.05) is 6.54 Å². The first-order valence-corrected chi connectivity index (χ1v) is 8.45. The molecule has 2 unspecified atom stereocenters. The zero-order valence-corrected chi connectivity index (χ0v) is 13.1. The topological polar surface area (TPSA) is 29.9 Å². The summed E-state index contributed by atoms with van der Waals surface area (Å²) in [4.78, 5) is 0. The summed E-state index contributed by atoms with van der Waals surface area (Å²) in [6.07, 6.45) is 11.1. The van der Waals surface area contributed by atoms with Crippen molar-refractivity contribution < 1.29 is 0 Å². The van der Waals surface area contributed by atoms with Crippen LogP contribution >= 0.6 is 0 Å². The molecule has 3 rings (SSSR count). The normalized spacial score (nSPS) is 27.5. The quantitative estimate of drug-likeness (QED) is 0.836. The van der Waals surface area contributed by atoms with Gasteiger partial charge in [0, 0.05) is 18.8 Å². The molecule has 0 radical (unpaired) electrons. The summed E-state index contributed by atoms with van der Waals surface area (Å²) in [6, 6.07) is 3.12. The second-order valence-corrected chi connectivity index (χ2v) is 6.95. The van der Waals surface area contributed by atoms with Crippen molar-refractivity contribution in [1.82, 2.24) is 15.1 Å². The first kappa shape index (κ1) is 14.1. The van der Waals surface area contributed by atoms with Crippen LogP contribution in [0.15, 0.2) is 6.07 Å². The molecule has 0 bridgehead atoms. The SMILES string of the molecule is Cc1cc(CC2CCCCCC2CNC2CC2)n(C)n1. The standard InChI is InChI=1S/C17H29N3/c1-13-10-17(20(2)19-13)11-14-6-4-3-5-7-15(14)12-18-16-8-9-16/h10,14-16,18H,3-9,11-12H2,1-2H3. The first-order valence-electron chi connectivity index (χ1n) is 8.45. The maximum Gasteiger partial charge on any atom is 0.0596 e. The van der Waals surface area contributed by atoms with Gasteiger partial charge >= 0.3 is 0 Å². The van der Waals surface area contributed by atoms with Crippen LogP contribution in [0.4, 0.5) is 0 Å². The fourth-order valence-electron chi connectivity index (χ4n) is 3.73.